The summed E-state index contributed by atoms with van der Waals surface area (Å²) in [6.45, 7) is 1.80. The number of hydrogen-bond donors (Lipinski definition) is 0. The minimum Gasteiger partial charge on any atom is -0.265 e. The van der Waals surface area contributed by atoms with Crippen LogP contribution in [0, 0.1) is 18.3 Å². The molecule has 2 rings (SSSR count). The van der Waals surface area contributed by atoms with Crippen LogP contribution in [-0.2, 0) is 0 Å². The molecule has 0 aliphatic rings. The molecule has 2 aromatic heterocycles. The van der Waals surface area contributed by atoms with Crippen molar-refractivity contribution in [2.24, 2.45) is 0 Å². The molecule has 0 unspecified atom stereocenters. The molecule has 0 aromatic carbocycles. The monoisotopic (exact) mass is 196 g/mol. The van der Waals surface area contributed by atoms with E-state index in [4.69, 9.17) is 5.26 Å². The molecule has 0 spiro atoms. The van der Waals surface area contributed by atoms with Crippen molar-refractivity contribution in [3.8, 4) is 17.5 Å². The van der Waals surface area contributed by atoms with Crippen LogP contribution in [0.25, 0.3) is 11.4 Å². The van der Waals surface area contributed by atoms with Gasteiger partial charge in [0.2, 0.25) is 0 Å². The summed E-state index contributed by atoms with van der Waals surface area (Å²) in [6, 6.07) is 5.70. The van der Waals surface area contributed by atoms with Crippen LogP contribution in [0.4, 0.5) is 0 Å². The normalized spacial score (nSPS) is 9.60. The smallest absolute Gasteiger partial charge is 0.159 e. The molecule has 0 aliphatic heterocycles. The van der Waals surface area contributed by atoms with Crippen molar-refractivity contribution >= 4 is 0 Å². The Morgan fingerprint density at radius 2 is 2.00 bits per heavy atom. The molecule has 0 atom stereocenters. The molecule has 72 valence electrons. The average Bonchev–Trinajstić information content (AvgIpc) is 2.30. The Morgan fingerprint density at radius 3 is 2.60 bits per heavy atom. The van der Waals surface area contributed by atoms with Gasteiger partial charge < -0.3 is 0 Å². The summed E-state index contributed by atoms with van der Waals surface area (Å²) in [7, 11) is 0. The summed E-state index contributed by atoms with van der Waals surface area (Å²) in [6.07, 6.45) is 4.91. The van der Waals surface area contributed by atoms with Crippen LogP contribution in [0.3, 0.4) is 0 Å². The van der Waals surface area contributed by atoms with E-state index in [1.807, 2.05) is 18.2 Å². The van der Waals surface area contributed by atoms with Gasteiger partial charge in [0, 0.05) is 24.2 Å². The summed E-state index contributed by atoms with van der Waals surface area (Å²) in [5.74, 6) is 0.619. The average molecular weight is 196 g/mol. The molecule has 0 saturated heterocycles. The minimum atomic E-state index is 0.507. The van der Waals surface area contributed by atoms with Gasteiger partial charge in [-0.25, -0.2) is 9.97 Å². The molecule has 0 aliphatic carbocycles. The number of rotatable bonds is 1. The Kier molecular flexibility index (Phi) is 2.38. The first kappa shape index (κ1) is 9.28. The van der Waals surface area contributed by atoms with Gasteiger partial charge in [0.1, 0.15) is 6.07 Å². The zero-order valence-corrected chi connectivity index (χ0v) is 8.18. The summed E-state index contributed by atoms with van der Waals surface area (Å²) in [5.41, 5.74) is 2.10. The van der Waals surface area contributed by atoms with Crippen molar-refractivity contribution in [3.63, 3.8) is 0 Å². The lowest BCUT2D eigenvalue weighted by Crippen LogP contribution is -1.94. The van der Waals surface area contributed by atoms with E-state index < -0.39 is 0 Å². The van der Waals surface area contributed by atoms with Crippen molar-refractivity contribution in [1.29, 1.82) is 5.26 Å². The molecule has 0 radical (unpaired) electrons. The maximum Gasteiger partial charge on any atom is 0.159 e. The van der Waals surface area contributed by atoms with E-state index in [9.17, 15) is 0 Å². The Morgan fingerprint density at radius 1 is 1.27 bits per heavy atom. The van der Waals surface area contributed by atoms with Crippen LogP contribution in [0.5, 0.6) is 0 Å². The maximum atomic E-state index is 8.74. The van der Waals surface area contributed by atoms with Crippen molar-refractivity contribution < 1.29 is 0 Å². The zero-order valence-electron chi connectivity index (χ0n) is 8.18. The van der Waals surface area contributed by atoms with E-state index in [1.54, 1.807) is 19.3 Å². The first-order valence-corrected chi connectivity index (χ1v) is 4.45. The largest absolute Gasteiger partial charge is 0.265 e. The van der Waals surface area contributed by atoms with Gasteiger partial charge in [-0.2, -0.15) is 5.26 Å². The number of aryl methyl sites for hydroxylation is 1. The fraction of sp³-hybridized carbons (Fsp3) is 0.0909. The second kappa shape index (κ2) is 3.84. The van der Waals surface area contributed by atoms with Gasteiger partial charge in [-0.15, -0.1) is 0 Å². The maximum absolute atomic E-state index is 8.74. The van der Waals surface area contributed by atoms with Crippen LogP contribution >= 0.6 is 0 Å². The van der Waals surface area contributed by atoms with E-state index >= 15 is 0 Å². The van der Waals surface area contributed by atoms with E-state index in [2.05, 4.69) is 15.0 Å². The van der Waals surface area contributed by atoms with Gasteiger partial charge in [0.25, 0.3) is 0 Å². The Labute approximate surface area is 87.3 Å². The second-order valence-corrected chi connectivity index (χ2v) is 3.04. The summed E-state index contributed by atoms with van der Waals surface area (Å²) >= 11 is 0. The van der Waals surface area contributed by atoms with E-state index in [1.165, 1.54) is 6.20 Å². The van der Waals surface area contributed by atoms with Gasteiger partial charge in [-0.1, -0.05) is 0 Å². The third kappa shape index (κ3) is 1.81. The fourth-order valence-electron chi connectivity index (χ4n) is 1.22. The van der Waals surface area contributed by atoms with Crippen LogP contribution in [0.1, 0.15) is 11.3 Å². The molecule has 0 N–H and O–H groups in total. The number of pyridine rings is 1. The van der Waals surface area contributed by atoms with Crippen LogP contribution < -0.4 is 0 Å². The molecule has 2 aromatic rings. The van der Waals surface area contributed by atoms with Crippen molar-refractivity contribution in [2.45, 2.75) is 6.92 Å². The first-order valence-electron chi connectivity index (χ1n) is 4.45. The summed E-state index contributed by atoms with van der Waals surface area (Å²) in [4.78, 5) is 12.3. The number of nitriles is 1. The van der Waals surface area contributed by atoms with Crippen LogP contribution in [0.2, 0.25) is 0 Å². The van der Waals surface area contributed by atoms with Crippen molar-refractivity contribution in [2.75, 3.05) is 0 Å². The Balaban J connectivity index is 2.49. The van der Waals surface area contributed by atoms with E-state index in [0.717, 1.165) is 5.56 Å². The lowest BCUT2D eigenvalue weighted by molar-refractivity contribution is 1.09. The number of hydrogen-bond acceptors (Lipinski definition) is 4. The van der Waals surface area contributed by atoms with Gasteiger partial charge in [-0.05, 0) is 19.1 Å². The lowest BCUT2D eigenvalue weighted by Gasteiger charge is -2.01. The number of nitrogens with zero attached hydrogens (tertiary/aromatic N) is 4. The highest BCUT2D eigenvalue weighted by Crippen LogP contribution is 2.14. The Hall–Kier alpha value is -2.28. The molecular formula is C11H8N4. The van der Waals surface area contributed by atoms with E-state index in [-0.39, 0.29) is 0 Å². The standard InChI is InChI=1S/C11H8N4/c1-8-10(6-12)7-14-11(15-8)9-2-4-13-5-3-9/h2-5,7H,1H3. The SMILES string of the molecule is Cc1nc(-c2ccncc2)ncc1C#N. The predicted molar refractivity (Wildman–Crippen MR) is 54.7 cm³/mol. The molecule has 0 amide bonds. The summed E-state index contributed by atoms with van der Waals surface area (Å²) in [5, 5.41) is 8.74. The zero-order chi connectivity index (χ0) is 10.7. The molecule has 0 saturated carbocycles. The molecule has 0 fully saturated rings. The van der Waals surface area contributed by atoms with Crippen LogP contribution in [0.15, 0.2) is 30.7 Å². The highest BCUT2D eigenvalue weighted by Gasteiger charge is 2.03. The lowest BCUT2D eigenvalue weighted by atomic mass is 10.2. The molecule has 4 nitrogen and oxygen atoms in total. The highest BCUT2D eigenvalue weighted by atomic mass is 14.9. The predicted octanol–water partition coefficient (Wildman–Crippen LogP) is 1.72. The highest BCUT2D eigenvalue weighted by molar-refractivity contribution is 5.54. The quantitative estimate of drug-likeness (QED) is 0.696. The number of aromatic nitrogens is 3. The van der Waals surface area contributed by atoms with Gasteiger partial charge >= 0.3 is 0 Å². The Bertz CT molecular complexity index is 514. The van der Waals surface area contributed by atoms with Gasteiger partial charge in [-0.3, -0.25) is 4.98 Å². The van der Waals surface area contributed by atoms with Gasteiger partial charge in [0.05, 0.1) is 11.3 Å². The molecular weight excluding hydrogens is 188 g/mol. The second-order valence-electron chi connectivity index (χ2n) is 3.04. The van der Waals surface area contributed by atoms with Crippen molar-refractivity contribution in [1.82, 2.24) is 15.0 Å². The third-order valence-corrected chi connectivity index (χ3v) is 2.04. The molecule has 15 heavy (non-hydrogen) atoms. The first-order chi connectivity index (χ1) is 7.31. The summed E-state index contributed by atoms with van der Waals surface area (Å²) < 4.78 is 0. The molecule has 0 bridgehead atoms. The third-order valence-electron chi connectivity index (χ3n) is 2.04. The van der Waals surface area contributed by atoms with E-state index in [0.29, 0.717) is 17.1 Å². The fourth-order valence-corrected chi connectivity index (χ4v) is 1.22. The van der Waals surface area contributed by atoms with Gasteiger partial charge in [0.15, 0.2) is 5.82 Å². The molecule has 4 heteroatoms. The topological polar surface area (TPSA) is 62.5 Å². The molecule has 2 heterocycles. The van der Waals surface area contributed by atoms with Crippen molar-refractivity contribution in [3.05, 3.63) is 42.0 Å². The minimum absolute atomic E-state index is 0.507. The van der Waals surface area contributed by atoms with Crippen LogP contribution in [-0.4, -0.2) is 15.0 Å².